The quantitative estimate of drug-likeness (QED) is 0.781. The van der Waals surface area contributed by atoms with Crippen molar-refractivity contribution in [2.75, 3.05) is 11.4 Å². The Labute approximate surface area is 134 Å². The molecule has 1 aliphatic carbocycles. The minimum Gasteiger partial charge on any atom is -0.478 e. The van der Waals surface area contributed by atoms with E-state index in [-0.39, 0.29) is 0 Å². The van der Waals surface area contributed by atoms with E-state index in [0.29, 0.717) is 6.04 Å². The summed E-state index contributed by atoms with van der Waals surface area (Å²) in [5.74, 6) is -0.912. The molecule has 1 aromatic carbocycles. The zero-order valence-corrected chi connectivity index (χ0v) is 14.0. The van der Waals surface area contributed by atoms with Crippen molar-refractivity contribution in [1.29, 1.82) is 0 Å². The van der Waals surface area contributed by atoms with Gasteiger partial charge in [-0.05, 0) is 43.5 Å². The van der Waals surface area contributed by atoms with E-state index in [1.807, 2.05) is 12.1 Å². The number of carbonyl (C=O) groups is 1. The van der Waals surface area contributed by atoms with Crippen molar-refractivity contribution >= 4 is 33.7 Å². The smallest absolute Gasteiger partial charge is 0.328 e. The summed E-state index contributed by atoms with van der Waals surface area (Å²) in [4.78, 5) is 13.2. The molecule has 21 heavy (non-hydrogen) atoms. The lowest BCUT2D eigenvalue weighted by molar-refractivity contribution is -0.131. The van der Waals surface area contributed by atoms with Gasteiger partial charge in [-0.15, -0.1) is 0 Å². The molecular weight excluding hydrogens is 330 g/mol. The van der Waals surface area contributed by atoms with Crippen LogP contribution in [0.3, 0.4) is 0 Å². The van der Waals surface area contributed by atoms with Gasteiger partial charge in [0.05, 0.1) is 0 Å². The highest BCUT2D eigenvalue weighted by atomic mass is 79.9. The Hall–Kier alpha value is -1.29. The molecule has 4 heteroatoms. The Balaban J connectivity index is 2.33. The first kappa shape index (κ1) is 16.1. The van der Waals surface area contributed by atoms with Crippen molar-refractivity contribution in [1.82, 2.24) is 0 Å². The van der Waals surface area contributed by atoms with E-state index in [4.69, 9.17) is 5.11 Å². The van der Waals surface area contributed by atoms with Crippen LogP contribution in [0.4, 0.5) is 5.69 Å². The number of aliphatic carboxylic acids is 1. The molecule has 0 radical (unpaired) electrons. The van der Waals surface area contributed by atoms with Crippen LogP contribution in [0.25, 0.3) is 6.08 Å². The van der Waals surface area contributed by atoms with Crippen molar-refractivity contribution in [3.8, 4) is 0 Å². The molecule has 0 unspecified atom stereocenters. The van der Waals surface area contributed by atoms with Gasteiger partial charge in [-0.25, -0.2) is 4.79 Å². The Kier molecular flexibility index (Phi) is 5.85. The predicted octanol–water partition coefficient (Wildman–Crippen LogP) is 4.71. The van der Waals surface area contributed by atoms with Crippen molar-refractivity contribution in [3.05, 3.63) is 34.3 Å². The number of benzene rings is 1. The summed E-state index contributed by atoms with van der Waals surface area (Å²) in [5.41, 5.74) is 2.09. The normalized spacial score (nSPS) is 16.3. The second kappa shape index (κ2) is 7.64. The summed E-state index contributed by atoms with van der Waals surface area (Å²) in [5, 5.41) is 8.86. The molecule has 0 bridgehead atoms. The third kappa shape index (κ3) is 4.34. The van der Waals surface area contributed by atoms with Crippen LogP contribution in [0.5, 0.6) is 0 Å². The van der Waals surface area contributed by atoms with E-state index >= 15 is 0 Å². The van der Waals surface area contributed by atoms with Crippen LogP contribution >= 0.6 is 15.9 Å². The molecule has 0 aliphatic heterocycles. The minimum absolute atomic E-state index is 0.565. The van der Waals surface area contributed by atoms with Crippen LogP contribution in [0, 0.1) is 0 Å². The third-order valence-corrected chi connectivity index (χ3v) is 4.56. The highest BCUT2D eigenvalue weighted by molar-refractivity contribution is 9.10. The van der Waals surface area contributed by atoms with E-state index in [1.54, 1.807) is 6.08 Å². The van der Waals surface area contributed by atoms with Crippen molar-refractivity contribution < 1.29 is 9.90 Å². The van der Waals surface area contributed by atoms with Crippen LogP contribution in [-0.2, 0) is 4.79 Å². The van der Waals surface area contributed by atoms with Gasteiger partial charge in [-0.1, -0.05) is 41.3 Å². The monoisotopic (exact) mass is 351 g/mol. The van der Waals surface area contributed by atoms with Crippen LogP contribution in [0.1, 0.15) is 44.6 Å². The van der Waals surface area contributed by atoms with E-state index in [2.05, 4.69) is 33.8 Å². The molecule has 1 fully saturated rings. The number of halogens is 1. The fourth-order valence-electron chi connectivity index (χ4n) is 3.09. The van der Waals surface area contributed by atoms with E-state index in [1.165, 1.54) is 38.2 Å². The summed E-state index contributed by atoms with van der Waals surface area (Å²) >= 11 is 3.53. The standard InChI is InChI=1S/C17H22BrNO2/c1-2-19(15-6-4-3-5-7-15)16-12-14(18)10-8-13(16)9-11-17(20)21/h8-12,15H,2-7H2,1H3,(H,20,21)/b11-9+. The number of hydrogen-bond acceptors (Lipinski definition) is 2. The molecule has 1 aliphatic rings. The third-order valence-electron chi connectivity index (χ3n) is 4.06. The van der Waals surface area contributed by atoms with Gasteiger partial charge >= 0.3 is 5.97 Å². The highest BCUT2D eigenvalue weighted by Crippen LogP contribution is 2.32. The lowest BCUT2D eigenvalue weighted by Crippen LogP contribution is -2.37. The van der Waals surface area contributed by atoms with E-state index in [0.717, 1.165) is 22.3 Å². The zero-order valence-electron chi connectivity index (χ0n) is 12.4. The molecular formula is C17H22BrNO2. The molecule has 0 atom stereocenters. The fraction of sp³-hybridized carbons (Fsp3) is 0.471. The first-order valence-electron chi connectivity index (χ1n) is 7.59. The van der Waals surface area contributed by atoms with Crippen LogP contribution in [0.2, 0.25) is 0 Å². The van der Waals surface area contributed by atoms with Crippen LogP contribution in [0.15, 0.2) is 28.7 Å². The predicted molar refractivity (Wildman–Crippen MR) is 90.7 cm³/mol. The molecule has 0 spiro atoms. The number of carboxylic acids is 1. The number of carboxylic acid groups (broad SMARTS) is 1. The van der Waals surface area contributed by atoms with E-state index in [9.17, 15) is 4.79 Å². The number of anilines is 1. The molecule has 0 heterocycles. The van der Waals surface area contributed by atoms with Gasteiger partial charge < -0.3 is 10.0 Å². The van der Waals surface area contributed by atoms with Gasteiger partial charge in [-0.2, -0.15) is 0 Å². The van der Waals surface area contributed by atoms with Gasteiger partial charge in [0, 0.05) is 28.8 Å². The first-order valence-corrected chi connectivity index (χ1v) is 8.38. The maximum Gasteiger partial charge on any atom is 0.328 e. The van der Waals surface area contributed by atoms with Gasteiger partial charge in [0.25, 0.3) is 0 Å². The topological polar surface area (TPSA) is 40.5 Å². The van der Waals surface area contributed by atoms with Gasteiger partial charge in [0.15, 0.2) is 0 Å². The molecule has 1 aromatic rings. The largest absolute Gasteiger partial charge is 0.478 e. The molecule has 0 saturated heterocycles. The van der Waals surface area contributed by atoms with Gasteiger partial charge in [-0.3, -0.25) is 0 Å². The zero-order chi connectivity index (χ0) is 15.2. The molecule has 114 valence electrons. The molecule has 0 amide bonds. The minimum atomic E-state index is -0.912. The fourth-order valence-corrected chi connectivity index (χ4v) is 3.43. The molecule has 1 N–H and O–H groups in total. The Morgan fingerprint density at radius 1 is 1.38 bits per heavy atom. The maximum atomic E-state index is 10.8. The second-order valence-electron chi connectivity index (χ2n) is 5.45. The van der Waals surface area contributed by atoms with Crippen molar-refractivity contribution in [2.24, 2.45) is 0 Å². The molecule has 1 saturated carbocycles. The van der Waals surface area contributed by atoms with Crippen LogP contribution < -0.4 is 4.90 Å². The lowest BCUT2D eigenvalue weighted by atomic mass is 9.93. The average Bonchev–Trinajstić information content (AvgIpc) is 2.48. The first-order chi connectivity index (χ1) is 10.1. The second-order valence-corrected chi connectivity index (χ2v) is 6.37. The van der Waals surface area contributed by atoms with Crippen molar-refractivity contribution in [2.45, 2.75) is 45.1 Å². The van der Waals surface area contributed by atoms with E-state index < -0.39 is 5.97 Å². The molecule has 3 nitrogen and oxygen atoms in total. The van der Waals surface area contributed by atoms with Crippen LogP contribution in [-0.4, -0.2) is 23.7 Å². The number of nitrogens with zero attached hydrogens (tertiary/aromatic N) is 1. The number of hydrogen-bond donors (Lipinski definition) is 1. The maximum absolute atomic E-state index is 10.8. The Bertz CT molecular complexity index is 522. The highest BCUT2D eigenvalue weighted by Gasteiger charge is 2.21. The van der Waals surface area contributed by atoms with Crippen molar-refractivity contribution in [3.63, 3.8) is 0 Å². The van der Waals surface area contributed by atoms with Gasteiger partial charge in [0.2, 0.25) is 0 Å². The Morgan fingerprint density at radius 2 is 2.10 bits per heavy atom. The number of rotatable bonds is 5. The summed E-state index contributed by atoms with van der Waals surface area (Å²) in [6.45, 7) is 3.11. The summed E-state index contributed by atoms with van der Waals surface area (Å²) < 4.78 is 1.03. The summed E-state index contributed by atoms with van der Waals surface area (Å²) in [7, 11) is 0. The van der Waals surface area contributed by atoms with Gasteiger partial charge in [0.1, 0.15) is 0 Å². The molecule has 2 rings (SSSR count). The molecule has 0 aromatic heterocycles. The Morgan fingerprint density at radius 3 is 2.71 bits per heavy atom. The average molecular weight is 352 g/mol. The lowest BCUT2D eigenvalue weighted by Gasteiger charge is -2.36. The summed E-state index contributed by atoms with van der Waals surface area (Å²) in [6.07, 6.45) is 9.26. The summed E-state index contributed by atoms with van der Waals surface area (Å²) in [6, 6.07) is 6.60. The SMILES string of the molecule is CCN(c1cc(Br)ccc1/C=C/C(=O)O)C1CCCCC1.